The predicted octanol–water partition coefficient (Wildman–Crippen LogP) is -2.22. The molecule has 0 aliphatic rings. The molecule has 5 unspecified atom stereocenters. The fourth-order valence-corrected chi connectivity index (χ4v) is 2.95. The molecular formula is C17H30N4O8S2. The number of hydrogen-bond acceptors (Lipinski definition) is 9. The molecule has 0 aromatic heterocycles. The van der Waals surface area contributed by atoms with E-state index in [0.717, 1.165) is 0 Å². The Morgan fingerprint density at radius 2 is 1.55 bits per heavy atom. The van der Waals surface area contributed by atoms with Gasteiger partial charge in [-0.05, 0) is 31.8 Å². The number of carboxylic acid groups (broad SMARTS) is 2. The van der Waals surface area contributed by atoms with Crippen LogP contribution in [0.5, 0.6) is 0 Å². The highest BCUT2D eigenvalue weighted by Gasteiger charge is 2.32. The van der Waals surface area contributed by atoms with Crippen LogP contribution in [0, 0.1) is 0 Å². The van der Waals surface area contributed by atoms with Crippen LogP contribution < -0.4 is 21.7 Å². The van der Waals surface area contributed by atoms with Gasteiger partial charge in [0.05, 0.1) is 12.1 Å². The topological polar surface area (TPSA) is 208 Å². The van der Waals surface area contributed by atoms with Crippen LogP contribution in [-0.4, -0.2) is 93.0 Å². The Morgan fingerprint density at radius 3 is 2.00 bits per heavy atom. The van der Waals surface area contributed by atoms with Gasteiger partial charge in [0.25, 0.3) is 0 Å². The lowest BCUT2D eigenvalue weighted by atomic mass is 10.1. The van der Waals surface area contributed by atoms with Crippen LogP contribution in [0.3, 0.4) is 0 Å². The molecule has 178 valence electrons. The van der Waals surface area contributed by atoms with Gasteiger partial charge in [0.15, 0.2) is 0 Å². The molecule has 0 aromatic carbocycles. The number of nitrogens with two attached hydrogens (primary N) is 1. The second-order valence-electron chi connectivity index (χ2n) is 6.69. The Bertz CT molecular complexity index is 650. The van der Waals surface area contributed by atoms with Crippen LogP contribution in [0.2, 0.25) is 0 Å². The fraction of sp³-hybridized carbons (Fsp3) is 0.706. The zero-order valence-corrected chi connectivity index (χ0v) is 18.9. The number of rotatable bonds is 15. The lowest BCUT2D eigenvalue weighted by molar-refractivity contribution is -0.143. The van der Waals surface area contributed by atoms with Crippen molar-refractivity contribution in [2.24, 2.45) is 5.73 Å². The zero-order valence-electron chi connectivity index (χ0n) is 17.2. The molecule has 5 atom stereocenters. The minimum absolute atomic E-state index is 0.0234. The number of thiol groups is 1. The quantitative estimate of drug-likeness (QED) is 0.118. The van der Waals surface area contributed by atoms with Crippen molar-refractivity contribution in [2.45, 2.75) is 56.5 Å². The van der Waals surface area contributed by atoms with Gasteiger partial charge in [-0.1, -0.05) is 0 Å². The molecule has 0 saturated carbocycles. The molecule has 12 nitrogen and oxygen atoms in total. The second-order valence-corrected chi connectivity index (χ2v) is 8.04. The Hall–Kier alpha value is -2.03. The molecule has 0 radical (unpaired) electrons. The van der Waals surface area contributed by atoms with Crippen LogP contribution in [0.4, 0.5) is 0 Å². The van der Waals surface area contributed by atoms with Gasteiger partial charge < -0.3 is 37.0 Å². The second kappa shape index (κ2) is 14.9. The van der Waals surface area contributed by atoms with Crippen molar-refractivity contribution in [2.75, 3.05) is 17.8 Å². The number of carbonyl (C=O) groups excluding carboxylic acids is 3. The summed E-state index contributed by atoms with van der Waals surface area (Å²) in [6.45, 7) is 1.21. The van der Waals surface area contributed by atoms with E-state index in [2.05, 4.69) is 28.6 Å². The number of aliphatic hydroxyl groups excluding tert-OH is 1. The summed E-state index contributed by atoms with van der Waals surface area (Å²) < 4.78 is 0. The SMILES string of the molecule is CSCCC(NC(=O)C(NC(=O)C(CCC(=O)O)NC(=O)C(N)CS)C(C)O)C(=O)O. The monoisotopic (exact) mass is 482 g/mol. The largest absolute Gasteiger partial charge is 0.481 e. The maximum Gasteiger partial charge on any atom is 0.326 e. The van der Waals surface area contributed by atoms with Crippen LogP contribution in [0.15, 0.2) is 0 Å². The molecule has 14 heteroatoms. The van der Waals surface area contributed by atoms with Gasteiger partial charge in [-0.25, -0.2) is 4.79 Å². The summed E-state index contributed by atoms with van der Waals surface area (Å²) >= 11 is 5.26. The van der Waals surface area contributed by atoms with Gasteiger partial charge in [-0.2, -0.15) is 24.4 Å². The van der Waals surface area contributed by atoms with Crippen molar-refractivity contribution in [3.63, 3.8) is 0 Å². The highest BCUT2D eigenvalue weighted by atomic mass is 32.2. The summed E-state index contributed by atoms with van der Waals surface area (Å²) in [5.41, 5.74) is 5.54. The molecule has 0 aromatic rings. The van der Waals surface area contributed by atoms with Crippen molar-refractivity contribution in [3.8, 4) is 0 Å². The first-order valence-electron chi connectivity index (χ1n) is 9.33. The van der Waals surface area contributed by atoms with Crippen LogP contribution in [0.25, 0.3) is 0 Å². The fourth-order valence-electron chi connectivity index (χ4n) is 2.31. The van der Waals surface area contributed by atoms with Crippen molar-refractivity contribution in [1.82, 2.24) is 16.0 Å². The first-order valence-corrected chi connectivity index (χ1v) is 11.4. The minimum Gasteiger partial charge on any atom is -0.481 e. The van der Waals surface area contributed by atoms with Crippen molar-refractivity contribution in [1.29, 1.82) is 0 Å². The van der Waals surface area contributed by atoms with E-state index in [1.54, 1.807) is 6.26 Å². The molecule has 0 aliphatic heterocycles. The van der Waals surface area contributed by atoms with Crippen LogP contribution in [0.1, 0.15) is 26.2 Å². The summed E-state index contributed by atoms with van der Waals surface area (Å²) in [4.78, 5) is 59.3. The Morgan fingerprint density at radius 1 is 0.968 bits per heavy atom. The number of hydrogen-bond donors (Lipinski definition) is 8. The van der Waals surface area contributed by atoms with E-state index < -0.39 is 66.4 Å². The summed E-state index contributed by atoms with van der Waals surface area (Å²) in [6.07, 6.45) is -0.275. The number of carboxylic acids is 2. The first-order chi connectivity index (χ1) is 14.4. The number of amides is 3. The third-order valence-corrected chi connectivity index (χ3v) is 5.14. The molecule has 0 bridgehead atoms. The molecule has 0 fully saturated rings. The van der Waals surface area contributed by atoms with E-state index >= 15 is 0 Å². The first kappa shape index (κ1) is 29.0. The van der Waals surface area contributed by atoms with E-state index in [-0.39, 0.29) is 18.6 Å². The lowest BCUT2D eigenvalue weighted by Gasteiger charge is -2.26. The summed E-state index contributed by atoms with van der Waals surface area (Å²) in [5.74, 6) is -4.67. The number of thioether (sulfide) groups is 1. The highest BCUT2D eigenvalue weighted by molar-refractivity contribution is 7.98. The third kappa shape index (κ3) is 11.2. The van der Waals surface area contributed by atoms with Crippen molar-refractivity contribution in [3.05, 3.63) is 0 Å². The molecule has 0 heterocycles. The molecule has 0 spiro atoms. The maximum absolute atomic E-state index is 12.6. The van der Waals surface area contributed by atoms with E-state index in [0.29, 0.717) is 5.75 Å². The Balaban J connectivity index is 5.38. The number of aliphatic carboxylic acids is 2. The van der Waals surface area contributed by atoms with Gasteiger partial charge in [0, 0.05) is 12.2 Å². The van der Waals surface area contributed by atoms with Gasteiger partial charge in [0.1, 0.15) is 18.1 Å². The van der Waals surface area contributed by atoms with Gasteiger partial charge >= 0.3 is 11.9 Å². The summed E-state index contributed by atoms with van der Waals surface area (Å²) in [5, 5.41) is 34.8. The number of carbonyl (C=O) groups is 5. The van der Waals surface area contributed by atoms with E-state index in [1.807, 2.05) is 0 Å². The number of aliphatic hydroxyl groups is 1. The van der Waals surface area contributed by atoms with Crippen LogP contribution in [-0.2, 0) is 24.0 Å². The lowest BCUT2D eigenvalue weighted by Crippen LogP contribution is -2.60. The number of nitrogens with one attached hydrogen (secondary N) is 3. The summed E-state index contributed by atoms with van der Waals surface area (Å²) in [7, 11) is 0. The zero-order chi connectivity index (χ0) is 24.1. The predicted molar refractivity (Wildman–Crippen MR) is 117 cm³/mol. The smallest absolute Gasteiger partial charge is 0.326 e. The highest BCUT2D eigenvalue weighted by Crippen LogP contribution is 2.05. The van der Waals surface area contributed by atoms with E-state index in [9.17, 15) is 34.2 Å². The molecule has 0 rings (SSSR count). The molecule has 3 amide bonds. The van der Waals surface area contributed by atoms with Gasteiger partial charge in [0.2, 0.25) is 17.7 Å². The Kier molecular flexibility index (Phi) is 13.9. The van der Waals surface area contributed by atoms with Crippen LogP contribution >= 0.6 is 24.4 Å². The summed E-state index contributed by atoms with van der Waals surface area (Å²) in [6, 6.07) is -5.16. The van der Waals surface area contributed by atoms with Gasteiger partial charge in [-0.3, -0.25) is 19.2 Å². The molecular weight excluding hydrogens is 452 g/mol. The molecule has 0 saturated heterocycles. The maximum atomic E-state index is 12.6. The third-order valence-electron chi connectivity index (χ3n) is 4.10. The average molecular weight is 483 g/mol. The molecule has 31 heavy (non-hydrogen) atoms. The van der Waals surface area contributed by atoms with E-state index in [1.165, 1.54) is 18.7 Å². The molecule has 8 N–H and O–H groups in total. The normalized spacial score (nSPS) is 15.6. The van der Waals surface area contributed by atoms with Gasteiger partial charge in [-0.15, -0.1) is 0 Å². The van der Waals surface area contributed by atoms with Crippen molar-refractivity contribution < 1.29 is 39.3 Å². The molecule has 0 aliphatic carbocycles. The standard InChI is InChI=1S/C17H30N4O8S2/c1-8(22)13(16(27)20-11(17(28)29)5-6-31-2)21-15(26)10(3-4-12(23)24)19-14(25)9(18)7-30/h8-11,13,22,30H,3-7,18H2,1-2H3,(H,19,25)(H,20,27)(H,21,26)(H,23,24)(H,28,29). The average Bonchev–Trinajstić information content (AvgIpc) is 2.70. The minimum atomic E-state index is -1.54. The van der Waals surface area contributed by atoms with Crippen molar-refractivity contribution >= 4 is 54.1 Å². The Labute approximate surface area is 189 Å². The van der Waals surface area contributed by atoms with E-state index in [4.69, 9.17) is 10.8 Å².